The fraction of sp³-hybridized carbons (Fsp3) is 0.900. The first kappa shape index (κ1) is 9.00. The van der Waals surface area contributed by atoms with Crippen molar-refractivity contribution >= 4 is 5.84 Å². The van der Waals surface area contributed by atoms with Gasteiger partial charge in [-0.05, 0) is 26.8 Å². The molecule has 1 heterocycles. The average Bonchev–Trinajstić information content (AvgIpc) is 2.85. The topological polar surface area (TPSA) is 30.3 Å². The lowest BCUT2D eigenvalue weighted by Gasteiger charge is -2.39. The lowest BCUT2D eigenvalue weighted by molar-refractivity contribution is 0.158. The first-order valence-electron chi connectivity index (χ1n) is 5.22. The van der Waals surface area contributed by atoms with Crippen molar-refractivity contribution in [1.82, 2.24) is 9.80 Å². The standard InChI is InChI=1S/C10H19N3/c1-8-7-12(2)5-6-13(8)10(11)9-3-4-9/h8-9,11H,3-7H2,1-2H3. The lowest BCUT2D eigenvalue weighted by atomic mass is 10.1. The van der Waals surface area contributed by atoms with Gasteiger partial charge in [-0.15, -0.1) is 0 Å². The molecule has 13 heavy (non-hydrogen) atoms. The third-order valence-corrected chi connectivity index (χ3v) is 3.10. The predicted octanol–water partition coefficient (Wildman–Crippen LogP) is 1.01. The zero-order valence-corrected chi connectivity index (χ0v) is 8.58. The molecule has 1 aliphatic carbocycles. The van der Waals surface area contributed by atoms with Gasteiger partial charge in [0.2, 0.25) is 0 Å². The highest BCUT2D eigenvalue weighted by atomic mass is 15.3. The zero-order chi connectivity index (χ0) is 9.42. The van der Waals surface area contributed by atoms with E-state index in [0.29, 0.717) is 12.0 Å². The second-order valence-electron chi connectivity index (χ2n) is 4.46. The number of amidine groups is 1. The summed E-state index contributed by atoms with van der Waals surface area (Å²) in [5.41, 5.74) is 0. The molecule has 2 rings (SSSR count). The van der Waals surface area contributed by atoms with Crippen molar-refractivity contribution in [2.75, 3.05) is 26.7 Å². The fourth-order valence-corrected chi connectivity index (χ4v) is 2.09. The van der Waals surface area contributed by atoms with Crippen LogP contribution < -0.4 is 0 Å². The molecule has 0 aromatic carbocycles. The Morgan fingerprint density at radius 3 is 2.54 bits per heavy atom. The van der Waals surface area contributed by atoms with Gasteiger partial charge in [0.25, 0.3) is 0 Å². The number of rotatable bonds is 1. The number of hydrogen-bond donors (Lipinski definition) is 1. The van der Waals surface area contributed by atoms with Gasteiger partial charge in [-0.25, -0.2) is 0 Å². The van der Waals surface area contributed by atoms with Crippen LogP contribution in [0.1, 0.15) is 19.8 Å². The maximum atomic E-state index is 8.00. The number of nitrogens with one attached hydrogen (secondary N) is 1. The predicted molar refractivity (Wildman–Crippen MR) is 54.1 cm³/mol. The average molecular weight is 181 g/mol. The molecule has 1 unspecified atom stereocenters. The van der Waals surface area contributed by atoms with E-state index >= 15 is 0 Å². The molecule has 0 aromatic heterocycles. The molecule has 3 nitrogen and oxygen atoms in total. The summed E-state index contributed by atoms with van der Waals surface area (Å²) < 4.78 is 0. The summed E-state index contributed by atoms with van der Waals surface area (Å²) in [6.07, 6.45) is 2.50. The Morgan fingerprint density at radius 2 is 2.00 bits per heavy atom. The Balaban J connectivity index is 1.94. The highest BCUT2D eigenvalue weighted by Crippen LogP contribution is 2.32. The Hall–Kier alpha value is -0.570. The minimum atomic E-state index is 0.534. The summed E-state index contributed by atoms with van der Waals surface area (Å²) in [5, 5.41) is 8.00. The Morgan fingerprint density at radius 1 is 1.31 bits per heavy atom. The normalized spacial score (nSPS) is 30.6. The first-order chi connectivity index (χ1) is 6.18. The molecule has 3 heteroatoms. The quantitative estimate of drug-likeness (QED) is 0.483. The molecule has 0 aromatic rings. The van der Waals surface area contributed by atoms with Crippen LogP contribution in [-0.4, -0.2) is 48.4 Å². The van der Waals surface area contributed by atoms with Crippen molar-refractivity contribution in [3.05, 3.63) is 0 Å². The molecule has 1 atom stereocenters. The molecule has 0 amide bonds. The summed E-state index contributed by atoms with van der Waals surface area (Å²) in [6.45, 7) is 5.49. The van der Waals surface area contributed by atoms with Crippen LogP contribution in [0.5, 0.6) is 0 Å². The number of likely N-dealkylation sites (N-methyl/N-ethyl adjacent to an activating group) is 1. The van der Waals surface area contributed by atoms with Crippen molar-refractivity contribution in [2.24, 2.45) is 5.92 Å². The van der Waals surface area contributed by atoms with E-state index < -0.39 is 0 Å². The summed E-state index contributed by atoms with van der Waals surface area (Å²) >= 11 is 0. The largest absolute Gasteiger partial charge is 0.355 e. The molecular weight excluding hydrogens is 162 g/mol. The summed E-state index contributed by atoms with van der Waals surface area (Å²) in [4.78, 5) is 4.64. The van der Waals surface area contributed by atoms with Crippen LogP contribution in [0.3, 0.4) is 0 Å². The van der Waals surface area contributed by atoms with Gasteiger partial charge in [0.05, 0.1) is 5.84 Å². The molecule has 1 saturated heterocycles. The van der Waals surface area contributed by atoms with E-state index in [1.54, 1.807) is 0 Å². The van der Waals surface area contributed by atoms with Gasteiger partial charge in [0.15, 0.2) is 0 Å². The summed E-state index contributed by atoms with van der Waals surface area (Å²) in [7, 11) is 2.16. The molecule has 74 valence electrons. The van der Waals surface area contributed by atoms with E-state index in [4.69, 9.17) is 5.41 Å². The Kier molecular flexibility index (Phi) is 2.28. The smallest absolute Gasteiger partial charge is 0.0992 e. The van der Waals surface area contributed by atoms with Gasteiger partial charge < -0.3 is 9.80 Å². The van der Waals surface area contributed by atoms with E-state index in [2.05, 4.69) is 23.8 Å². The van der Waals surface area contributed by atoms with Crippen LogP contribution >= 0.6 is 0 Å². The van der Waals surface area contributed by atoms with Crippen LogP contribution in [0.25, 0.3) is 0 Å². The van der Waals surface area contributed by atoms with Crippen LogP contribution in [-0.2, 0) is 0 Å². The van der Waals surface area contributed by atoms with Gasteiger partial charge in [0.1, 0.15) is 0 Å². The third kappa shape index (κ3) is 1.85. The fourth-order valence-electron chi connectivity index (χ4n) is 2.09. The highest BCUT2D eigenvalue weighted by Gasteiger charge is 2.33. The summed E-state index contributed by atoms with van der Waals surface area (Å²) in [6, 6.07) is 0.534. The molecule has 0 spiro atoms. The monoisotopic (exact) mass is 181 g/mol. The van der Waals surface area contributed by atoms with Crippen molar-refractivity contribution < 1.29 is 0 Å². The molecule has 2 aliphatic rings. The van der Waals surface area contributed by atoms with E-state index in [1.165, 1.54) is 12.8 Å². The number of nitrogens with zero attached hydrogens (tertiary/aromatic N) is 2. The second-order valence-corrected chi connectivity index (χ2v) is 4.46. The van der Waals surface area contributed by atoms with Crippen LogP contribution in [0.2, 0.25) is 0 Å². The van der Waals surface area contributed by atoms with Gasteiger partial charge in [0, 0.05) is 31.6 Å². The van der Waals surface area contributed by atoms with Gasteiger partial charge >= 0.3 is 0 Å². The molecule has 2 fully saturated rings. The van der Waals surface area contributed by atoms with E-state index in [-0.39, 0.29) is 0 Å². The van der Waals surface area contributed by atoms with E-state index in [1.807, 2.05) is 0 Å². The molecular formula is C10H19N3. The highest BCUT2D eigenvalue weighted by molar-refractivity contribution is 5.84. The second kappa shape index (κ2) is 3.29. The Bertz CT molecular complexity index is 210. The molecule has 0 bridgehead atoms. The van der Waals surface area contributed by atoms with Gasteiger partial charge in [-0.2, -0.15) is 0 Å². The minimum Gasteiger partial charge on any atom is -0.355 e. The SMILES string of the molecule is CC1CN(C)CCN1C(=N)C1CC1. The zero-order valence-electron chi connectivity index (χ0n) is 8.58. The number of hydrogen-bond acceptors (Lipinski definition) is 2. The third-order valence-electron chi connectivity index (χ3n) is 3.10. The van der Waals surface area contributed by atoms with Crippen LogP contribution in [0, 0.1) is 11.3 Å². The van der Waals surface area contributed by atoms with Crippen molar-refractivity contribution in [2.45, 2.75) is 25.8 Å². The van der Waals surface area contributed by atoms with Crippen molar-refractivity contribution in [3.8, 4) is 0 Å². The molecule has 1 saturated carbocycles. The van der Waals surface area contributed by atoms with Crippen molar-refractivity contribution in [1.29, 1.82) is 5.41 Å². The maximum Gasteiger partial charge on any atom is 0.0992 e. The molecule has 1 aliphatic heterocycles. The Labute approximate surface area is 80.2 Å². The molecule has 0 radical (unpaired) electrons. The maximum absolute atomic E-state index is 8.00. The lowest BCUT2D eigenvalue weighted by Crippen LogP contribution is -2.53. The summed E-state index contributed by atoms with van der Waals surface area (Å²) in [5.74, 6) is 1.51. The van der Waals surface area contributed by atoms with Gasteiger partial charge in [-0.3, -0.25) is 5.41 Å². The van der Waals surface area contributed by atoms with E-state index in [0.717, 1.165) is 25.5 Å². The van der Waals surface area contributed by atoms with Crippen LogP contribution in [0.4, 0.5) is 0 Å². The minimum absolute atomic E-state index is 0.534. The molecule has 1 N–H and O–H groups in total. The van der Waals surface area contributed by atoms with E-state index in [9.17, 15) is 0 Å². The van der Waals surface area contributed by atoms with Gasteiger partial charge in [-0.1, -0.05) is 0 Å². The number of piperazine rings is 1. The van der Waals surface area contributed by atoms with Crippen molar-refractivity contribution in [3.63, 3.8) is 0 Å². The first-order valence-corrected chi connectivity index (χ1v) is 5.22. The van der Waals surface area contributed by atoms with Crippen LogP contribution in [0.15, 0.2) is 0 Å².